The minimum atomic E-state index is -3.83. The number of fused-ring (bicyclic) bond motifs is 1. The van der Waals surface area contributed by atoms with E-state index in [2.05, 4.69) is 5.32 Å². The van der Waals surface area contributed by atoms with Crippen molar-refractivity contribution in [1.82, 2.24) is 4.31 Å². The molecular weight excluding hydrogens is 379 g/mol. The Hall–Kier alpha value is -2.77. The zero-order valence-corrected chi connectivity index (χ0v) is 15.8. The fourth-order valence-electron chi connectivity index (χ4n) is 3.54. The first-order valence-corrected chi connectivity index (χ1v) is 10.5. The van der Waals surface area contributed by atoms with E-state index in [1.807, 2.05) is 24.3 Å². The Morgan fingerprint density at radius 3 is 2.57 bits per heavy atom. The van der Waals surface area contributed by atoms with Gasteiger partial charge in [0.25, 0.3) is 0 Å². The first kappa shape index (κ1) is 18.6. The fraction of sp³-hybridized carbons (Fsp3) is 0.190. The summed E-state index contributed by atoms with van der Waals surface area (Å²) in [5.41, 5.74) is 0.306. The number of rotatable bonds is 4. The molecule has 1 amide bonds. The van der Waals surface area contributed by atoms with Gasteiger partial charge in [0.1, 0.15) is 11.9 Å². The van der Waals surface area contributed by atoms with E-state index in [9.17, 15) is 17.6 Å². The Balaban J connectivity index is 1.61. The molecule has 3 aromatic rings. The van der Waals surface area contributed by atoms with Crippen LogP contribution in [-0.4, -0.2) is 31.2 Å². The lowest BCUT2D eigenvalue weighted by molar-refractivity contribution is -0.119. The van der Waals surface area contributed by atoms with Gasteiger partial charge in [-0.3, -0.25) is 4.79 Å². The maximum absolute atomic E-state index is 13.4. The molecule has 1 saturated heterocycles. The van der Waals surface area contributed by atoms with E-state index in [4.69, 9.17) is 0 Å². The van der Waals surface area contributed by atoms with Crippen LogP contribution in [0.1, 0.15) is 12.8 Å². The molecule has 0 spiro atoms. The van der Waals surface area contributed by atoms with Crippen LogP contribution in [-0.2, 0) is 14.8 Å². The fourth-order valence-corrected chi connectivity index (χ4v) is 5.24. The number of carbonyl (C=O) groups is 1. The Morgan fingerprint density at radius 1 is 1.00 bits per heavy atom. The van der Waals surface area contributed by atoms with Gasteiger partial charge in [0.2, 0.25) is 15.9 Å². The molecule has 1 heterocycles. The van der Waals surface area contributed by atoms with E-state index in [0.717, 1.165) is 10.8 Å². The van der Waals surface area contributed by atoms with E-state index in [0.29, 0.717) is 18.5 Å². The average molecular weight is 398 g/mol. The second kappa shape index (κ2) is 7.33. The molecule has 1 aliphatic rings. The molecule has 1 N–H and O–H groups in total. The Bertz CT molecular complexity index is 1150. The summed E-state index contributed by atoms with van der Waals surface area (Å²) in [6, 6.07) is 17.2. The highest BCUT2D eigenvalue weighted by atomic mass is 32.2. The van der Waals surface area contributed by atoms with Crippen LogP contribution >= 0.6 is 0 Å². The number of nitrogens with one attached hydrogen (secondary N) is 1. The van der Waals surface area contributed by atoms with Gasteiger partial charge >= 0.3 is 0 Å². The Morgan fingerprint density at radius 2 is 1.79 bits per heavy atom. The summed E-state index contributed by atoms with van der Waals surface area (Å²) in [7, 11) is -3.83. The van der Waals surface area contributed by atoms with E-state index in [1.54, 1.807) is 24.3 Å². The highest BCUT2D eigenvalue weighted by Crippen LogP contribution is 2.29. The van der Waals surface area contributed by atoms with Crippen LogP contribution in [0.3, 0.4) is 0 Å². The summed E-state index contributed by atoms with van der Waals surface area (Å²) in [6.45, 7) is 0.274. The van der Waals surface area contributed by atoms with Crippen LogP contribution in [0.5, 0.6) is 0 Å². The van der Waals surface area contributed by atoms with Gasteiger partial charge in [-0.1, -0.05) is 36.4 Å². The van der Waals surface area contributed by atoms with Crippen LogP contribution in [0.2, 0.25) is 0 Å². The molecule has 0 aliphatic carbocycles. The molecular formula is C21H19FN2O3S. The van der Waals surface area contributed by atoms with Gasteiger partial charge in [0, 0.05) is 12.2 Å². The summed E-state index contributed by atoms with van der Waals surface area (Å²) in [6.07, 6.45) is 1.02. The molecule has 0 bridgehead atoms. The van der Waals surface area contributed by atoms with Gasteiger partial charge in [0.05, 0.1) is 4.90 Å². The number of anilines is 1. The molecule has 1 atom stereocenters. The normalized spacial score (nSPS) is 17.7. The van der Waals surface area contributed by atoms with Crippen LogP contribution in [0.4, 0.5) is 10.1 Å². The molecule has 0 unspecified atom stereocenters. The van der Waals surface area contributed by atoms with Gasteiger partial charge in [-0.2, -0.15) is 4.31 Å². The number of hydrogen-bond acceptors (Lipinski definition) is 3. The summed E-state index contributed by atoms with van der Waals surface area (Å²) in [4.78, 5) is 12.9. The van der Waals surface area contributed by atoms with E-state index in [-0.39, 0.29) is 11.4 Å². The van der Waals surface area contributed by atoms with Crippen molar-refractivity contribution in [3.8, 4) is 0 Å². The molecule has 4 rings (SSSR count). The number of benzene rings is 3. The quantitative estimate of drug-likeness (QED) is 0.728. The smallest absolute Gasteiger partial charge is 0.243 e. The van der Waals surface area contributed by atoms with Crippen LogP contribution in [0, 0.1) is 5.82 Å². The van der Waals surface area contributed by atoms with Crippen molar-refractivity contribution in [2.24, 2.45) is 0 Å². The van der Waals surface area contributed by atoms with Crippen molar-refractivity contribution in [1.29, 1.82) is 0 Å². The summed E-state index contributed by atoms with van der Waals surface area (Å²) in [5, 5.41) is 4.39. The Labute approximate surface area is 162 Å². The lowest BCUT2D eigenvalue weighted by Crippen LogP contribution is -2.43. The molecule has 0 aromatic heterocycles. The number of amides is 1. The molecule has 1 fully saturated rings. The maximum atomic E-state index is 13.4. The highest BCUT2D eigenvalue weighted by molar-refractivity contribution is 7.89. The third-order valence-electron chi connectivity index (χ3n) is 4.93. The number of hydrogen-bond donors (Lipinski definition) is 1. The molecule has 7 heteroatoms. The topological polar surface area (TPSA) is 66.5 Å². The lowest BCUT2D eigenvalue weighted by atomic mass is 10.1. The SMILES string of the molecule is O=C(Nc1cccc(F)c1)[C@H]1CCCN1S(=O)(=O)c1ccc2ccccc2c1. The van der Waals surface area contributed by atoms with Crippen molar-refractivity contribution < 1.29 is 17.6 Å². The lowest BCUT2D eigenvalue weighted by Gasteiger charge is -2.23. The van der Waals surface area contributed by atoms with Gasteiger partial charge in [0.15, 0.2) is 0 Å². The summed E-state index contributed by atoms with van der Waals surface area (Å²) in [5.74, 6) is -0.919. The zero-order chi connectivity index (χ0) is 19.7. The molecule has 28 heavy (non-hydrogen) atoms. The van der Waals surface area contributed by atoms with Crippen molar-refractivity contribution in [2.75, 3.05) is 11.9 Å². The van der Waals surface area contributed by atoms with Gasteiger partial charge < -0.3 is 5.32 Å². The largest absolute Gasteiger partial charge is 0.325 e. The molecule has 144 valence electrons. The predicted molar refractivity (Wildman–Crippen MR) is 106 cm³/mol. The van der Waals surface area contributed by atoms with Gasteiger partial charge in [-0.25, -0.2) is 12.8 Å². The molecule has 5 nitrogen and oxygen atoms in total. The number of carbonyl (C=O) groups excluding carboxylic acids is 1. The predicted octanol–water partition coefficient (Wildman–Crippen LogP) is 3.77. The van der Waals surface area contributed by atoms with E-state index < -0.39 is 27.8 Å². The first-order valence-electron chi connectivity index (χ1n) is 9.02. The Kier molecular flexibility index (Phi) is 4.87. The second-order valence-electron chi connectivity index (χ2n) is 6.78. The van der Waals surface area contributed by atoms with Gasteiger partial charge in [-0.05, 0) is 53.9 Å². The molecule has 0 saturated carbocycles. The zero-order valence-electron chi connectivity index (χ0n) is 15.0. The highest BCUT2D eigenvalue weighted by Gasteiger charge is 2.39. The van der Waals surface area contributed by atoms with Gasteiger partial charge in [-0.15, -0.1) is 0 Å². The number of nitrogens with zero attached hydrogens (tertiary/aromatic N) is 1. The van der Waals surface area contributed by atoms with Crippen LogP contribution < -0.4 is 5.32 Å². The number of halogens is 1. The summed E-state index contributed by atoms with van der Waals surface area (Å²) < 4.78 is 41.0. The van der Waals surface area contributed by atoms with Crippen molar-refractivity contribution in [2.45, 2.75) is 23.8 Å². The van der Waals surface area contributed by atoms with Crippen LogP contribution in [0.15, 0.2) is 71.6 Å². The second-order valence-corrected chi connectivity index (χ2v) is 8.67. The minimum Gasteiger partial charge on any atom is -0.325 e. The maximum Gasteiger partial charge on any atom is 0.243 e. The standard InChI is InChI=1S/C21H19FN2O3S/c22-17-7-3-8-18(14-17)23-21(25)20-9-4-12-24(20)28(26,27)19-11-10-15-5-1-2-6-16(15)13-19/h1-3,5-8,10-11,13-14,20H,4,9,12H2,(H,23,25)/t20-/m1/s1. The molecule has 3 aromatic carbocycles. The van der Waals surface area contributed by atoms with E-state index in [1.165, 1.54) is 22.5 Å². The molecule has 1 aliphatic heterocycles. The van der Waals surface area contributed by atoms with E-state index >= 15 is 0 Å². The average Bonchev–Trinajstić information content (AvgIpc) is 3.18. The van der Waals surface area contributed by atoms with Crippen molar-refractivity contribution in [3.63, 3.8) is 0 Å². The minimum absolute atomic E-state index is 0.164. The monoisotopic (exact) mass is 398 g/mol. The third kappa shape index (κ3) is 3.50. The van der Waals surface area contributed by atoms with Crippen molar-refractivity contribution >= 4 is 32.4 Å². The first-order chi connectivity index (χ1) is 13.4. The molecule has 0 radical (unpaired) electrons. The summed E-state index contributed by atoms with van der Waals surface area (Å²) >= 11 is 0. The third-order valence-corrected chi connectivity index (χ3v) is 6.83. The van der Waals surface area contributed by atoms with Crippen LogP contribution in [0.25, 0.3) is 10.8 Å². The van der Waals surface area contributed by atoms with Crippen molar-refractivity contribution in [3.05, 3.63) is 72.5 Å². The number of sulfonamides is 1.